The van der Waals surface area contributed by atoms with Gasteiger partial charge in [-0.25, -0.2) is 14.2 Å². The summed E-state index contributed by atoms with van der Waals surface area (Å²) in [6.45, 7) is 0. The Morgan fingerprint density at radius 1 is 1.77 bits per heavy atom. The van der Waals surface area contributed by atoms with Crippen molar-refractivity contribution in [3.8, 4) is 0 Å². The van der Waals surface area contributed by atoms with Crippen LogP contribution in [0, 0.1) is 0 Å². The van der Waals surface area contributed by atoms with Crippen LogP contribution < -0.4 is 0 Å². The third-order valence-electron chi connectivity index (χ3n) is 1.13. The van der Waals surface area contributed by atoms with E-state index in [9.17, 15) is 9.18 Å². The van der Waals surface area contributed by atoms with E-state index >= 15 is 0 Å². The van der Waals surface area contributed by atoms with Crippen molar-refractivity contribution in [1.29, 1.82) is 0 Å². The zero-order valence-electron chi connectivity index (χ0n) is 6.28. The van der Waals surface area contributed by atoms with Crippen molar-refractivity contribution >= 4 is 33.7 Å². The predicted molar refractivity (Wildman–Crippen MR) is 50.3 cm³/mol. The Balaban J connectivity index is 2.74. The van der Waals surface area contributed by atoms with Crippen molar-refractivity contribution in [1.82, 2.24) is 4.98 Å². The molecule has 0 aromatic carbocycles. The molecule has 70 valence electrons. The first kappa shape index (κ1) is 10.5. The molecule has 1 aromatic rings. The topological polar surface area (TPSA) is 50.2 Å². The summed E-state index contributed by atoms with van der Waals surface area (Å²) in [6, 6.07) is 3.34. The van der Waals surface area contributed by atoms with Crippen LogP contribution in [0.3, 0.4) is 0 Å². The fourth-order valence-electron chi connectivity index (χ4n) is 0.606. The number of carboxylic acids is 1. The molecule has 0 aliphatic heterocycles. The van der Waals surface area contributed by atoms with Crippen molar-refractivity contribution in [2.75, 3.05) is 0 Å². The molecule has 0 fully saturated rings. The van der Waals surface area contributed by atoms with Crippen molar-refractivity contribution < 1.29 is 14.3 Å². The molecule has 1 unspecified atom stereocenters. The Labute approximate surface area is 86.5 Å². The lowest BCUT2D eigenvalue weighted by Crippen LogP contribution is -2.09. The van der Waals surface area contributed by atoms with Gasteiger partial charge in [0.15, 0.2) is 0 Å². The highest BCUT2D eigenvalue weighted by Gasteiger charge is 2.18. The minimum Gasteiger partial charge on any atom is -0.478 e. The maximum Gasteiger partial charge on any atom is 0.349 e. The van der Waals surface area contributed by atoms with Crippen molar-refractivity contribution in [2.24, 2.45) is 0 Å². The number of nitrogens with zero attached hydrogens (tertiary/aromatic N) is 1. The summed E-state index contributed by atoms with van der Waals surface area (Å²) in [7, 11) is 0. The van der Waals surface area contributed by atoms with E-state index in [1.165, 1.54) is 6.20 Å². The van der Waals surface area contributed by atoms with Gasteiger partial charge in [-0.2, -0.15) is 0 Å². The third-order valence-corrected chi connectivity index (χ3v) is 2.99. The van der Waals surface area contributed by atoms with Crippen molar-refractivity contribution in [3.05, 3.63) is 22.8 Å². The molecular formula is C7H5BrFNO2S. The molecule has 0 aliphatic rings. The minimum absolute atomic E-state index is 0.331. The first-order chi connectivity index (χ1) is 6.11. The molecule has 0 saturated heterocycles. The number of halogens is 2. The SMILES string of the molecule is O=C(O)C(F)Sc1ncccc1Br. The number of rotatable bonds is 3. The molecule has 0 bridgehead atoms. The summed E-state index contributed by atoms with van der Waals surface area (Å²) in [6.07, 6.45) is 1.47. The molecule has 1 atom stereocenters. The maximum atomic E-state index is 12.7. The molecule has 0 saturated carbocycles. The van der Waals surface area contributed by atoms with Gasteiger partial charge in [-0.15, -0.1) is 0 Å². The van der Waals surface area contributed by atoms with Crippen LogP contribution in [0.15, 0.2) is 27.8 Å². The van der Waals surface area contributed by atoms with E-state index in [0.717, 1.165) is 0 Å². The molecule has 0 spiro atoms. The Hall–Kier alpha value is -0.620. The van der Waals surface area contributed by atoms with Crippen LogP contribution in [0.2, 0.25) is 0 Å². The van der Waals surface area contributed by atoms with Gasteiger partial charge in [0.2, 0.25) is 5.50 Å². The first-order valence-corrected chi connectivity index (χ1v) is 4.92. The maximum absolute atomic E-state index is 12.7. The van der Waals surface area contributed by atoms with Gasteiger partial charge in [-0.05, 0) is 28.1 Å². The van der Waals surface area contributed by atoms with Crippen LogP contribution in [-0.4, -0.2) is 21.6 Å². The average molecular weight is 266 g/mol. The molecule has 1 N–H and O–H groups in total. The molecule has 0 aliphatic carbocycles. The smallest absolute Gasteiger partial charge is 0.349 e. The number of pyridine rings is 1. The van der Waals surface area contributed by atoms with Crippen LogP contribution in [0.1, 0.15) is 0 Å². The zero-order valence-corrected chi connectivity index (χ0v) is 8.68. The summed E-state index contributed by atoms with van der Waals surface area (Å²) in [5.41, 5.74) is -1.98. The molecule has 1 aromatic heterocycles. The second-order valence-electron chi connectivity index (χ2n) is 2.06. The van der Waals surface area contributed by atoms with Crippen LogP contribution >= 0.6 is 27.7 Å². The number of alkyl halides is 1. The van der Waals surface area contributed by atoms with Crippen LogP contribution in [0.25, 0.3) is 0 Å². The average Bonchev–Trinajstić information content (AvgIpc) is 2.08. The lowest BCUT2D eigenvalue weighted by Gasteiger charge is -2.03. The van der Waals surface area contributed by atoms with Crippen molar-refractivity contribution in [2.45, 2.75) is 10.5 Å². The van der Waals surface area contributed by atoms with Gasteiger partial charge in [0, 0.05) is 10.7 Å². The molecule has 0 radical (unpaired) electrons. The second-order valence-corrected chi connectivity index (χ2v) is 3.95. The quantitative estimate of drug-likeness (QED) is 0.853. The predicted octanol–water partition coefficient (Wildman–Crippen LogP) is 2.32. The van der Waals surface area contributed by atoms with E-state index in [2.05, 4.69) is 20.9 Å². The molecular weight excluding hydrogens is 261 g/mol. The number of hydrogen-bond donors (Lipinski definition) is 1. The number of carbonyl (C=O) groups is 1. The van der Waals surface area contributed by atoms with Crippen LogP contribution in [0.4, 0.5) is 4.39 Å². The first-order valence-electron chi connectivity index (χ1n) is 3.25. The van der Waals surface area contributed by atoms with Gasteiger partial charge in [-0.1, -0.05) is 11.8 Å². The fourth-order valence-corrected chi connectivity index (χ4v) is 1.74. The van der Waals surface area contributed by atoms with Gasteiger partial charge >= 0.3 is 5.97 Å². The van der Waals surface area contributed by atoms with Crippen molar-refractivity contribution in [3.63, 3.8) is 0 Å². The van der Waals surface area contributed by atoms with E-state index in [-0.39, 0.29) is 0 Å². The fraction of sp³-hybridized carbons (Fsp3) is 0.143. The lowest BCUT2D eigenvalue weighted by atomic mass is 10.5. The Kier molecular flexibility index (Phi) is 3.68. The molecule has 3 nitrogen and oxygen atoms in total. The number of hydrogen-bond acceptors (Lipinski definition) is 3. The van der Waals surface area contributed by atoms with E-state index in [4.69, 9.17) is 5.11 Å². The molecule has 1 rings (SSSR count). The van der Waals surface area contributed by atoms with Gasteiger partial charge in [-0.3, -0.25) is 0 Å². The molecule has 1 heterocycles. The summed E-state index contributed by atoms with van der Waals surface area (Å²) in [5.74, 6) is -1.50. The minimum atomic E-state index is -1.98. The summed E-state index contributed by atoms with van der Waals surface area (Å²) < 4.78 is 13.3. The molecule has 0 amide bonds. The number of aromatic nitrogens is 1. The standard InChI is InChI=1S/C7H5BrFNO2S/c8-4-2-1-3-10-6(4)13-5(9)7(11)12/h1-3,5H,(H,11,12). The highest BCUT2D eigenvalue weighted by atomic mass is 79.9. The number of carboxylic acid groups (broad SMARTS) is 1. The normalized spacial score (nSPS) is 12.5. The van der Waals surface area contributed by atoms with E-state index in [1.54, 1.807) is 12.1 Å². The van der Waals surface area contributed by atoms with Gasteiger partial charge < -0.3 is 5.11 Å². The summed E-state index contributed by atoms with van der Waals surface area (Å²) >= 11 is 3.69. The Morgan fingerprint density at radius 3 is 3.00 bits per heavy atom. The number of aliphatic carboxylic acids is 1. The monoisotopic (exact) mass is 265 g/mol. The van der Waals surface area contributed by atoms with Gasteiger partial charge in [0.1, 0.15) is 5.03 Å². The van der Waals surface area contributed by atoms with Crippen LogP contribution in [-0.2, 0) is 4.79 Å². The largest absolute Gasteiger partial charge is 0.478 e. The summed E-state index contributed by atoms with van der Waals surface area (Å²) in [4.78, 5) is 14.0. The Morgan fingerprint density at radius 2 is 2.46 bits per heavy atom. The number of thioether (sulfide) groups is 1. The Bertz CT molecular complexity index is 323. The van der Waals surface area contributed by atoms with Crippen LogP contribution in [0.5, 0.6) is 0 Å². The van der Waals surface area contributed by atoms with Gasteiger partial charge in [0.25, 0.3) is 0 Å². The highest BCUT2D eigenvalue weighted by molar-refractivity contribution is 9.10. The lowest BCUT2D eigenvalue weighted by molar-refractivity contribution is -0.139. The molecule has 13 heavy (non-hydrogen) atoms. The van der Waals surface area contributed by atoms with E-state index < -0.39 is 11.5 Å². The third kappa shape index (κ3) is 2.96. The zero-order chi connectivity index (χ0) is 9.84. The molecule has 6 heteroatoms. The summed E-state index contributed by atoms with van der Waals surface area (Å²) in [5, 5.41) is 8.63. The van der Waals surface area contributed by atoms with Gasteiger partial charge in [0.05, 0.1) is 0 Å². The second kappa shape index (κ2) is 4.57. The van der Waals surface area contributed by atoms with E-state index in [0.29, 0.717) is 21.3 Å². The van der Waals surface area contributed by atoms with E-state index in [1.807, 2.05) is 0 Å². The highest BCUT2D eigenvalue weighted by Crippen LogP contribution is 2.28.